The molecule has 1 aliphatic heterocycles. The number of nitrogens with zero attached hydrogens (tertiary/aromatic N) is 1. The van der Waals surface area contributed by atoms with Crippen LogP contribution in [0.3, 0.4) is 0 Å². The Labute approximate surface area is 111 Å². The van der Waals surface area contributed by atoms with Gasteiger partial charge in [0.15, 0.2) is 0 Å². The molecule has 102 valence electrons. The van der Waals surface area contributed by atoms with Crippen molar-refractivity contribution in [3.05, 3.63) is 29.8 Å². The highest BCUT2D eigenvalue weighted by atomic mass is 16.5. The number of aliphatic hydroxyl groups excluding tert-OH is 2. The summed E-state index contributed by atoms with van der Waals surface area (Å²) in [6, 6.07) is 6.93. The third-order valence-electron chi connectivity index (χ3n) is 3.15. The highest BCUT2D eigenvalue weighted by Gasteiger charge is 2.38. The van der Waals surface area contributed by atoms with Crippen LogP contribution in [0.1, 0.15) is 25.0 Å². The van der Waals surface area contributed by atoms with Crippen molar-refractivity contribution in [3.8, 4) is 5.75 Å². The number of hydrogen-bond donors (Lipinski definition) is 2. The molecule has 0 saturated heterocycles. The zero-order chi connectivity index (χ0) is 13.8. The minimum absolute atomic E-state index is 0.0529. The van der Waals surface area contributed by atoms with Gasteiger partial charge >= 0.3 is 5.97 Å². The number of aliphatic imine (C=N–C) groups is 1. The molecule has 0 spiro atoms. The van der Waals surface area contributed by atoms with Crippen LogP contribution in [-0.2, 0) is 4.79 Å². The number of benzene rings is 1. The van der Waals surface area contributed by atoms with Crippen molar-refractivity contribution in [2.75, 3.05) is 13.2 Å². The van der Waals surface area contributed by atoms with Crippen molar-refractivity contribution in [1.29, 1.82) is 0 Å². The number of rotatable bonds is 4. The van der Waals surface area contributed by atoms with Crippen molar-refractivity contribution in [2.24, 2.45) is 10.9 Å². The zero-order valence-electron chi connectivity index (χ0n) is 10.7. The SMILES string of the molecule is CC(=NCCCO)C1C(=O)Oc2ccccc2C1O. The summed E-state index contributed by atoms with van der Waals surface area (Å²) in [6.07, 6.45) is -0.401. The molecule has 0 bridgehead atoms. The Kier molecular flexibility index (Phi) is 4.29. The predicted octanol–water partition coefficient (Wildman–Crippen LogP) is 1.10. The van der Waals surface area contributed by atoms with E-state index in [-0.39, 0.29) is 6.61 Å². The van der Waals surface area contributed by atoms with Crippen molar-refractivity contribution >= 4 is 11.7 Å². The molecule has 5 heteroatoms. The molecule has 0 aromatic heterocycles. The van der Waals surface area contributed by atoms with Crippen molar-refractivity contribution in [3.63, 3.8) is 0 Å². The molecule has 2 rings (SSSR count). The lowest BCUT2D eigenvalue weighted by atomic mass is 9.89. The lowest BCUT2D eigenvalue weighted by molar-refractivity contribution is -0.141. The number of carbonyl (C=O) groups is 1. The predicted molar refractivity (Wildman–Crippen MR) is 70.2 cm³/mol. The Bertz CT molecular complexity index is 498. The van der Waals surface area contributed by atoms with Gasteiger partial charge in [0.25, 0.3) is 0 Å². The topological polar surface area (TPSA) is 79.1 Å². The molecule has 2 unspecified atom stereocenters. The summed E-state index contributed by atoms with van der Waals surface area (Å²) in [7, 11) is 0. The van der Waals surface area contributed by atoms with E-state index < -0.39 is 18.0 Å². The number of esters is 1. The molecular weight excluding hydrogens is 246 g/mol. The van der Waals surface area contributed by atoms with Crippen LogP contribution in [0.2, 0.25) is 0 Å². The third-order valence-corrected chi connectivity index (χ3v) is 3.15. The minimum atomic E-state index is -0.935. The van der Waals surface area contributed by atoms with E-state index in [9.17, 15) is 9.90 Å². The Balaban J connectivity index is 2.23. The number of fused-ring (bicyclic) bond motifs is 1. The molecule has 1 aromatic carbocycles. The number of ether oxygens (including phenoxy) is 1. The quantitative estimate of drug-likeness (QED) is 0.369. The maximum atomic E-state index is 11.9. The highest BCUT2D eigenvalue weighted by Crippen LogP contribution is 2.36. The maximum absolute atomic E-state index is 11.9. The second kappa shape index (κ2) is 5.95. The monoisotopic (exact) mass is 263 g/mol. The molecule has 19 heavy (non-hydrogen) atoms. The number of carbonyl (C=O) groups excluding carboxylic acids is 1. The first-order valence-electron chi connectivity index (χ1n) is 6.25. The first-order valence-corrected chi connectivity index (χ1v) is 6.25. The van der Waals surface area contributed by atoms with Gasteiger partial charge in [-0.2, -0.15) is 0 Å². The third kappa shape index (κ3) is 2.83. The van der Waals surface area contributed by atoms with E-state index in [1.54, 1.807) is 31.2 Å². The van der Waals surface area contributed by atoms with Crippen LogP contribution in [0.4, 0.5) is 0 Å². The van der Waals surface area contributed by atoms with Gasteiger partial charge in [0, 0.05) is 24.4 Å². The van der Waals surface area contributed by atoms with Crippen molar-refractivity contribution in [1.82, 2.24) is 0 Å². The van der Waals surface area contributed by atoms with Gasteiger partial charge in [-0.3, -0.25) is 9.79 Å². The first-order chi connectivity index (χ1) is 9.15. The van der Waals surface area contributed by atoms with E-state index in [2.05, 4.69) is 4.99 Å². The van der Waals surface area contributed by atoms with Gasteiger partial charge in [0.2, 0.25) is 0 Å². The molecule has 0 amide bonds. The molecule has 1 aliphatic rings. The summed E-state index contributed by atoms with van der Waals surface area (Å²) < 4.78 is 5.21. The molecule has 0 fully saturated rings. The van der Waals surface area contributed by atoms with Crippen LogP contribution in [-0.4, -0.2) is 35.0 Å². The van der Waals surface area contributed by atoms with Crippen LogP contribution >= 0.6 is 0 Å². The maximum Gasteiger partial charge on any atom is 0.323 e. The zero-order valence-corrected chi connectivity index (χ0v) is 10.7. The fourth-order valence-corrected chi connectivity index (χ4v) is 2.12. The van der Waals surface area contributed by atoms with Gasteiger partial charge in [0.1, 0.15) is 17.8 Å². The van der Waals surface area contributed by atoms with Gasteiger partial charge in [-0.05, 0) is 19.4 Å². The van der Waals surface area contributed by atoms with Gasteiger partial charge < -0.3 is 14.9 Å². The molecule has 0 aliphatic carbocycles. The first kappa shape index (κ1) is 13.7. The standard InChI is InChI=1S/C14H17NO4/c1-9(15-7-4-8-16)12-13(17)10-5-2-3-6-11(10)19-14(12)18/h2-3,5-6,12-13,16-17H,4,7-8H2,1H3. The Morgan fingerprint density at radius 2 is 2.16 bits per heavy atom. The lowest BCUT2D eigenvalue weighted by Gasteiger charge is -2.28. The van der Waals surface area contributed by atoms with Gasteiger partial charge in [0.05, 0.1) is 0 Å². The van der Waals surface area contributed by atoms with E-state index >= 15 is 0 Å². The Hall–Kier alpha value is -1.72. The van der Waals surface area contributed by atoms with Crippen LogP contribution in [0.5, 0.6) is 5.75 Å². The number of para-hydroxylation sites is 1. The summed E-state index contributed by atoms with van der Waals surface area (Å²) in [6.45, 7) is 2.18. The lowest BCUT2D eigenvalue weighted by Crippen LogP contribution is -2.36. The van der Waals surface area contributed by atoms with Gasteiger partial charge in [-0.15, -0.1) is 0 Å². The van der Waals surface area contributed by atoms with E-state index in [0.29, 0.717) is 30.0 Å². The second-order valence-electron chi connectivity index (χ2n) is 4.48. The summed E-state index contributed by atoms with van der Waals surface area (Å²) in [5.41, 5.74) is 1.13. The van der Waals surface area contributed by atoms with E-state index in [1.165, 1.54) is 0 Å². The van der Waals surface area contributed by atoms with E-state index in [4.69, 9.17) is 9.84 Å². The molecule has 2 N–H and O–H groups in total. The molecule has 1 aromatic rings. The molecule has 0 saturated carbocycles. The molecule has 0 radical (unpaired) electrons. The van der Waals surface area contributed by atoms with Crippen LogP contribution in [0, 0.1) is 5.92 Å². The summed E-state index contributed by atoms with van der Waals surface area (Å²) >= 11 is 0. The summed E-state index contributed by atoms with van der Waals surface area (Å²) in [5.74, 6) is -0.857. The van der Waals surface area contributed by atoms with Crippen LogP contribution < -0.4 is 4.74 Å². The summed E-state index contributed by atoms with van der Waals surface area (Å²) in [5, 5.41) is 19.0. The molecule has 1 heterocycles. The Morgan fingerprint density at radius 3 is 2.89 bits per heavy atom. The van der Waals surface area contributed by atoms with Crippen molar-refractivity contribution in [2.45, 2.75) is 19.4 Å². The van der Waals surface area contributed by atoms with Crippen LogP contribution in [0.25, 0.3) is 0 Å². The van der Waals surface area contributed by atoms with Gasteiger partial charge in [-0.1, -0.05) is 18.2 Å². The van der Waals surface area contributed by atoms with E-state index in [0.717, 1.165) is 0 Å². The van der Waals surface area contributed by atoms with Crippen molar-refractivity contribution < 1.29 is 19.7 Å². The average Bonchev–Trinajstić information content (AvgIpc) is 2.39. The minimum Gasteiger partial charge on any atom is -0.426 e. The largest absolute Gasteiger partial charge is 0.426 e. The highest BCUT2D eigenvalue weighted by molar-refractivity contribution is 6.03. The number of hydrogen-bond acceptors (Lipinski definition) is 5. The van der Waals surface area contributed by atoms with E-state index in [1.807, 2.05) is 0 Å². The Morgan fingerprint density at radius 1 is 1.42 bits per heavy atom. The summed E-state index contributed by atoms with van der Waals surface area (Å²) in [4.78, 5) is 16.1. The average molecular weight is 263 g/mol. The molecule has 2 atom stereocenters. The second-order valence-corrected chi connectivity index (χ2v) is 4.48. The fraction of sp³-hybridized carbons (Fsp3) is 0.429. The smallest absolute Gasteiger partial charge is 0.323 e. The van der Waals surface area contributed by atoms with Gasteiger partial charge in [-0.25, -0.2) is 0 Å². The molecule has 5 nitrogen and oxygen atoms in total. The molecular formula is C14H17NO4. The number of aliphatic hydroxyl groups is 2. The normalized spacial score (nSPS) is 22.9. The fourth-order valence-electron chi connectivity index (χ4n) is 2.12. The van der Waals surface area contributed by atoms with Crippen LogP contribution in [0.15, 0.2) is 29.3 Å².